The fraction of sp³-hybridized carbons (Fsp3) is 0. The normalized spacial score (nSPS) is 9.00. The molecule has 4 heteroatoms. The first kappa shape index (κ1) is 4.83. The summed E-state index contributed by atoms with van der Waals surface area (Å²) in [5.74, 6) is 0.361. The van der Waals surface area contributed by atoms with Crippen LogP contribution < -0.4 is 5.73 Å². The Bertz CT molecular complexity index is 193. The second-order valence-electron chi connectivity index (χ2n) is 1.33. The number of hydrogen-bond acceptors (Lipinski definition) is 3. The zero-order valence-electron chi connectivity index (χ0n) is 4.11. The van der Waals surface area contributed by atoms with Gasteiger partial charge in [-0.15, -0.1) is 0 Å². The highest BCUT2D eigenvalue weighted by atomic mass is 16.1. The lowest BCUT2D eigenvalue weighted by atomic mass is 10.8. The van der Waals surface area contributed by atoms with E-state index in [-0.39, 0.29) is 0 Å². The molecule has 0 amide bonds. The molecular weight excluding hydrogens is 106 g/mol. The number of nitrogen functional groups attached to an aromatic ring is 1. The highest BCUT2D eigenvalue weighted by Crippen LogP contribution is 1.93. The minimum Gasteiger partial charge on any atom is -0.383 e. The molecule has 1 aromatic rings. The van der Waals surface area contributed by atoms with Crippen LogP contribution in [0.15, 0.2) is 12.5 Å². The van der Waals surface area contributed by atoms with Gasteiger partial charge in [0.1, 0.15) is 12.1 Å². The Morgan fingerprint density at radius 2 is 2.62 bits per heavy atom. The monoisotopic (exact) mass is 111 g/mol. The van der Waals surface area contributed by atoms with Crippen LogP contribution >= 0.6 is 0 Å². The number of nitrogens with zero attached hydrogens (tertiary/aromatic N) is 2. The van der Waals surface area contributed by atoms with Crippen LogP contribution in [0, 0.1) is 0 Å². The molecule has 4 nitrogen and oxygen atoms in total. The topological polar surface area (TPSA) is 60.9 Å². The molecule has 0 unspecified atom stereocenters. The number of hydrogen-bond donors (Lipinski definition) is 1. The van der Waals surface area contributed by atoms with Gasteiger partial charge in [-0.2, -0.15) is 0 Å². The Balaban J connectivity index is 3.09. The minimum absolute atomic E-state index is 0.361. The lowest BCUT2D eigenvalue weighted by Gasteiger charge is -1.86. The van der Waals surface area contributed by atoms with Crippen LogP contribution in [0.3, 0.4) is 0 Å². The summed E-state index contributed by atoms with van der Waals surface area (Å²) in [4.78, 5) is 13.5. The van der Waals surface area contributed by atoms with Crippen molar-refractivity contribution < 1.29 is 4.79 Å². The molecule has 2 N–H and O–H groups in total. The quantitative estimate of drug-likeness (QED) is 0.497. The van der Waals surface area contributed by atoms with Gasteiger partial charge in [-0.25, -0.2) is 4.98 Å². The highest BCUT2D eigenvalue weighted by Gasteiger charge is 1.89. The summed E-state index contributed by atoms with van der Waals surface area (Å²) >= 11 is 0. The number of carbonyl (C=O) groups is 1. The molecule has 0 radical (unpaired) electrons. The maximum atomic E-state index is 9.93. The summed E-state index contributed by atoms with van der Waals surface area (Å²) in [6.45, 7) is 0. The lowest BCUT2D eigenvalue weighted by Crippen LogP contribution is -1.97. The van der Waals surface area contributed by atoms with Crippen LogP contribution in [0.2, 0.25) is 0 Å². The summed E-state index contributed by atoms with van der Waals surface area (Å²) in [6.07, 6.45) is 3.36. The van der Waals surface area contributed by atoms with Crippen molar-refractivity contribution in [2.24, 2.45) is 0 Å². The van der Waals surface area contributed by atoms with E-state index in [0.29, 0.717) is 12.2 Å². The molecule has 1 aromatic heterocycles. The van der Waals surface area contributed by atoms with Gasteiger partial charge in [-0.3, -0.25) is 9.36 Å². The largest absolute Gasteiger partial charge is 0.383 e. The second kappa shape index (κ2) is 1.65. The molecule has 0 aliphatic rings. The van der Waals surface area contributed by atoms with Gasteiger partial charge in [0.2, 0.25) is 6.41 Å². The van der Waals surface area contributed by atoms with Gasteiger partial charge in [0, 0.05) is 0 Å². The summed E-state index contributed by atoms with van der Waals surface area (Å²) in [7, 11) is 0. The van der Waals surface area contributed by atoms with Gasteiger partial charge in [-0.05, 0) is 0 Å². The maximum absolute atomic E-state index is 9.93. The molecule has 0 aliphatic heterocycles. The molecule has 0 saturated heterocycles. The number of rotatable bonds is 1. The van der Waals surface area contributed by atoms with E-state index >= 15 is 0 Å². The molecule has 0 spiro atoms. The molecule has 8 heavy (non-hydrogen) atoms. The minimum atomic E-state index is 0.361. The van der Waals surface area contributed by atoms with E-state index in [1.807, 2.05) is 0 Å². The molecule has 42 valence electrons. The van der Waals surface area contributed by atoms with Gasteiger partial charge >= 0.3 is 0 Å². The van der Waals surface area contributed by atoms with E-state index in [1.165, 1.54) is 17.1 Å². The van der Waals surface area contributed by atoms with E-state index in [2.05, 4.69) is 4.98 Å². The average molecular weight is 111 g/mol. The Labute approximate surface area is 45.9 Å². The summed E-state index contributed by atoms with van der Waals surface area (Å²) in [5, 5.41) is 0. The van der Waals surface area contributed by atoms with Crippen LogP contribution in [0.5, 0.6) is 0 Å². The molecule has 1 rings (SSSR count). The lowest BCUT2D eigenvalue weighted by molar-refractivity contribution is 0.548. The molecular formula is C4H5N3O. The van der Waals surface area contributed by atoms with E-state index in [4.69, 9.17) is 5.73 Å². The Morgan fingerprint density at radius 1 is 1.88 bits per heavy atom. The van der Waals surface area contributed by atoms with Crippen LogP contribution in [0.25, 0.3) is 0 Å². The third-order valence-corrected chi connectivity index (χ3v) is 0.810. The van der Waals surface area contributed by atoms with Crippen molar-refractivity contribution in [3.63, 3.8) is 0 Å². The molecule has 1 heterocycles. The first-order chi connectivity index (χ1) is 3.84. The predicted molar refractivity (Wildman–Crippen MR) is 28.8 cm³/mol. The summed E-state index contributed by atoms with van der Waals surface area (Å²) in [5.41, 5.74) is 5.22. The number of nitrogens with two attached hydrogens (primary N) is 1. The molecule has 0 saturated carbocycles. The number of imidazole rings is 1. The van der Waals surface area contributed by atoms with Crippen molar-refractivity contribution in [3.05, 3.63) is 12.5 Å². The predicted octanol–water partition coefficient (Wildman–Crippen LogP) is -0.496. The van der Waals surface area contributed by atoms with Crippen LogP contribution in [-0.4, -0.2) is 16.0 Å². The van der Waals surface area contributed by atoms with Crippen molar-refractivity contribution in [1.82, 2.24) is 9.55 Å². The Morgan fingerprint density at radius 3 is 2.88 bits per heavy atom. The van der Waals surface area contributed by atoms with Crippen molar-refractivity contribution in [2.75, 3.05) is 5.73 Å². The van der Waals surface area contributed by atoms with Crippen molar-refractivity contribution >= 4 is 12.2 Å². The van der Waals surface area contributed by atoms with Crippen molar-refractivity contribution in [2.45, 2.75) is 0 Å². The summed E-state index contributed by atoms with van der Waals surface area (Å²) < 4.78 is 1.19. The third-order valence-electron chi connectivity index (χ3n) is 0.810. The van der Waals surface area contributed by atoms with E-state index in [0.717, 1.165) is 0 Å². The molecule has 0 atom stereocenters. The van der Waals surface area contributed by atoms with E-state index < -0.39 is 0 Å². The smallest absolute Gasteiger partial charge is 0.220 e. The van der Waals surface area contributed by atoms with Gasteiger partial charge in [-0.1, -0.05) is 0 Å². The molecule has 0 fully saturated rings. The maximum Gasteiger partial charge on any atom is 0.220 e. The zero-order valence-corrected chi connectivity index (χ0v) is 4.11. The Kier molecular flexibility index (Phi) is 0.997. The van der Waals surface area contributed by atoms with Gasteiger partial charge < -0.3 is 5.73 Å². The highest BCUT2D eigenvalue weighted by molar-refractivity contribution is 5.58. The number of carbonyl (C=O) groups excluding carboxylic acids is 1. The van der Waals surface area contributed by atoms with Crippen molar-refractivity contribution in [1.29, 1.82) is 0 Å². The first-order valence-corrected chi connectivity index (χ1v) is 2.07. The third kappa shape index (κ3) is 0.556. The zero-order chi connectivity index (χ0) is 5.98. The number of anilines is 1. The van der Waals surface area contributed by atoms with Gasteiger partial charge in [0.15, 0.2) is 0 Å². The van der Waals surface area contributed by atoms with Gasteiger partial charge in [0.05, 0.1) is 6.20 Å². The fourth-order valence-electron chi connectivity index (χ4n) is 0.403. The second-order valence-corrected chi connectivity index (χ2v) is 1.33. The molecule has 0 aliphatic carbocycles. The van der Waals surface area contributed by atoms with Gasteiger partial charge in [0.25, 0.3) is 0 Å². The fourth-order valence-corrected chi connectivity index (χ4v) is 0.403. The van der Waals surface area contributed by atoms with E-state index in [1.54, 1.807) is 0 Å². The number of aromatic nitrogens is 2. The van der Waals surface area contributed by atoms with Crippen LogP contribution in [-0.2, 0) is 4.79 Å². The average Bonchev–Trinajstić information content (AvgIpc) is 2.14. The first-order valence-electron chi connectivity index (χ1n) is 2.07. The van der Waals surface area contributed by atoms with Crippen LogP contribution in [0.4, 0.5) is 5.82 Å². The summed E-state index contributed by atoms with van der Waals surface area (Å²) in [6, 6.07) is 0. The van der Waals surface area contributed by atoms with E-state index in [9.17, 15) is 4.79 Å². The van der Waals surface area contributed by atoms with Crippen LogP contribution in [0.1, 0.15) is 0 Å². The SMILES string of the molecule is Nc1cncn1C=O. The Hall–Kier alpha value is -1.32. The molecule has 0 bridgehead atoms. The molecule has 0 aromatic carbocycles. The van der Waals surface area contributed by atoms with Crippen molar-refractivity contribution in [3.8, 4) is 0 Å². The standard InChI is InChI=1S/C4H5N3O/c5-4-1-6-2-7(4)3-8/h1-3H,5H2.